The second-order valence-electron chi connectivity index (χ2n) is 6.11. The number of rotatable bonds is 3. The fraction of sp³-hybridized carbons (Fsp3) is 0.471. The fourth-order valence-electron chi connectivity index (χ4n) is 2.62. The van der Waals surface area contributed by atoms with Crippen LogP contribution in [0.2, 0.25) is 0 Å². The van der Waals surface area contributed by atoms with Crippen molar-refractivity contribution in [1.29, 1.82) is 0 Å². The Bertz CT molecular complexity index is 696. The summed E-state index contributed by atoms with van der Waals surface area (Å²) in [5.41, 5.74) is 2.77. The molecule has 0 saturated carbocycles. The highest BCUT2D eigenvalue weighted by Gasteiger charge is 2.28. The normalized spacial score (nSPS) is 18.4. The van der Waals surface area contributed by atoms with Gasteiger partial charge in [0.1, 0.15) is 6.10 Å². The number of aromatic nitrogens is 2. The largest absolute Gasteiger partial charge is 0.370 e. The highest BCUT2D eigenvalue weighted by atomic mass is 16.5. The molecule has 1 unspecified atom stereocenters. The van der Waals surface area contributed by atoms with Crippen molar-refractivity contribution in [2.45, 2.75) is 32.8 Å². The van der Waals surface area contributed by atoms with E-state index in [-0.39, 0.29) is 17.9 Å². The van der Waals surface area contributed by atoms with Crippen LogP contribution < -0.4 is 0 Å². The van der Waals surface area contributed by atoms with Gasteiger partial charge in [0, 0.05) is 24.5 Å². The molecule has 0 radical (unpaired) electrons. The minimum Gasteiger partial charge on any atom is -0.370 e. The van der Waals surface area contributed by atoms with E-state index in [0.717, 1.165) is 17.0 Å². The predicted molar refractivity (Wildman–Crippen MR) is 84.2 cm³/mol. The Labute approximate surface area is 135 Å². The first-order valence-electron chi connectivity index (χ1n) is 7.84. The van der Waals surface area contributed by atoms with E-state index in [1.165, 1.54) is 0 Å². The molecule has 0 aliphatic carbocycles. The summed E-state index contributed by atoms with van der Waals surface area (Å²) in [6.07, 6.45) is 1.63. The van der Waals surface area contributed by atoms with Crippen LogP contribution >= 0.6 is 0 Å². The predicted octanol–water partition coefficient (Wildman–Crippen LogP) is 2.72. The summed E-state index contributed by atoms with van der Waals surface area (Å²) in [7, 11) is 0. The average Bonchev–Trinajstić information content (AvgIpc) is 3.04. The Kier molecular flexibility index (Phi) is 4.43. The standard InChI is InChI=1S/C17H21N3O3/c1-11(2)14-9-15(23-19-14)17(21)20-6-7-22-16(10-20)13-4-5-18-12(3)8-13/h4-5,8-9,11,16H,6-7,10H2,1-3H3. The molecule has 23 heavy (non-hydrogen) atoms. The number of ether oxygens (including phenoxy) is 1. The summed E-state index contributed by atoms with van der Waals surface area (Å²) >= 11 is 0. The zero-order chi connectivity index (χ0) is 16.4. The van der Waals surface area contributed by atoms with Gasteiger partial charge in [0.05, 0.1) is 18.8 Å². The third-order valence-corrected chi connectivity index (χ3v) is 3.98. The zero-order valence-electron chi connectivity index (χ0n) is 13.7. The first-order valence-corrected chi connectivity index (χ1v) is 7.84. The molecule has 6 heteroatoms. The molecule has 0 spiro atoms. The van der Waals surface area contributed by atoms with Gasteiger partial charge >= 0.3 is 0 Å². The van der Waals surface area contributed by atoms with Crippen molar-refractivity contribution in [2.24, 2.45) is 0 Å². The van der Waals surface area contributed by atoms with Gasteiger partial charge in [0.15, 0.2) is 0 Å². The van der Waals surface area contributed by atoms with Gasteiger partial charge in [-0.2, -0.15) is 0 Å². The van der Waals surface area contributed by atoms with Gasteiger partial charge in [-0.25, -0.2) is 0 Å². The first-order chi connectivity index (χ1) is 11.0. The van der Waals surface area contributed by atoms with Crippen molar-refractivity contribution < 1.29 is 14.1 Å². The van der Waals surface area contributed by atoms with E-state index >= 15 is 0 Å². The highest BCUT2D eigenvalue weighted by molar-refractivity contribution is 5.91. The lowest BCUT2D eigenvalue weighted by atomic mass is 10.1. The molecular weight excluding hydrogens is 294 g/mol. The maximum Gasteiger partial charge on any atom is 0.292 e. The number of pyridine rings is 1. The summed E-state index contributed by atoms with van der Waals surface area (Å²) < 4.78 is 11.0. The minimum absolute atomic E-state index is 0.136. The number of amides is 1. The Hall–Kier alpha value is -2.21. The molecule has 0 N–H and O–H groups in total. The highest BCUT2D eigenvalue weighted by Crippen LogP contribution is 2.24. The van der Waals surface area contributed by atoms with E-state index in [4.69, 9.17) is 9.26 Å². The van der Waals surface area contributed by atoms with Gasteiger partial charge in [0.2, 0.25) is 5.76 Å². The lowest BCUT2D eigenvalue weighted by Gasteiger charge is -2.32. The maximum atomic E-state index is 12.6. The molecule has 6 nitrogen and oxygen atoms in total. The van der Waals surface area contributed by atoms with Gasteiger partial charge in [-0.05, 0) is 30.5 Å². The topological polar surface area (TPSA) is 68.5 Å². The van der Waals surface area contributed by atoms with Crippen LogP contribution in [0.1, 0.15) is 53.4 Å². The number of morpholine rings is 1. The number of nitrogens with zero attached hydrogens (tertiary/aromatic N) is 3. The van der Waals surface area contributed by atoms with Gasteiger partial charge in [-0.3, -0.25) is 9.78 Å². The molecule has 1 aliphatic rings. The van der Waals surface area contributed by atoms with Crippen LogP contribution in [0.25, 0.3) is 0 Å². The molecule has 1 amide bonds. The SMILES string of the molecule is Cc1cc(C2CN(C(=O)c3cc(C(C)C)no3)CCO2)ccn1. The van der Waals surface area contributed by atoms with E-state index < -0.39 is 0 Å². The number of carbonyl (C=O) groups excluding carboxylic acids is 1. The summed E-state index contributed by atoms with van der Waals surface area (Å²) in [4.78, 5) is 18.6. The van der Waals surface area contributed by atoms with E-state index in [1.54, 1.807) is 17.2 Å². The summed E-state index contributed by atoms with van der Waals surface area (Å²) in [5, 5.41) is 3.96. The van der Waals surface area contributed by atoms with Crippen molar-refractivity contribution in [1.82, 2.24) is 15.0 Å². The summed E-state index contributed by atoms with van der Waals surface area (Å²) in [6.45, 7) is 7.53. The maximum absolute atomic E-state index is 12.6. The number of hydrogen-bond donors (Lipinski definition) is 0. The van der Waals surface area contributed by atoms with Crippen LogP contribution in [0.5, 0.6) is 0 Å². The van der Waals surface area contributed by atoms with Crippen LogP contribution in [0.15, 0.2) is 28.9 Å². The molecule has 3 heterocycles. The van der Waals surface area contributed by atoms with E-state index in [0.29, 0.717) is 25.5 Å². The lowest BCUT2D eigenvalue weighted by Crippen LogP contribution is -2.42. The minimum atomic E-state index is -0.137. The van der Waals surface area contributed by atoms with Gasteiger partial charge < -0.3 is 14.2 Å². The molecule has 1 atom stereocenters. The molecule has 1 fully saturated rings. The molecule has 2 aromatic heterocycles. The third-order valence-electron chi connectivity index (χ3n) is 3.98. The van der Waals surface area contributed by atoms with E-state index in [1.807, 2.05) is 32.9 Å². The van der Waals surface area contributed by atoms with Crippen LogP contribution in [0.4, 0.5) is 0 Å². The number of carbonyl (C=O) groups is 1. The quantitative estimate of drug-likeness (QED) is 0.871. The summed E-state index contributed by atoms with van der Waals surface area (Å²) in [6, 6.07) is 5.65. The average molecular weight is 315 g/mol. The van der Waals surface area contributed by atoms with Crippen molar-refractivity contribution in [3.63, 3.8) is 0 Å². The van der Waals surface area contributed by atoms with Crippen LogP contribution in [0.3, 0.4) is 0 Å². The molecule has 0 bridgehead atoms. The van der Waals surface area contributed by atoms with Gasteiger partial charge in [-0.15, -0.1) is 0 Å². The summed E-state index contributed by atoms with van der Waals surface area (Å²) in [5.74, 6) is 0.390. The monoisotopic (exact) mass is 315 g/mol. The second-order valence-corrected chi connectivity index (χ2v) is 6.11. The second kappa shape index (κ2) is 6.50. The Morgan fingerprint density at radius 3 is 2.91 bits per heavy atom. The zero-order valence-corrected chi connectivity index (χ0v) is 13.7. The molecule has 3 rings (SSSR count). The van der Waals surface area contributed by atoms with Gasteiger partial charge in [-0.1, -0.05) is 19.0 Å². The Morgan fingerprint density at radius 1 is 1.39 bits per heavy atom. The Balaban J connectivity index is 1.73. The van der Waals surface area contributed by atoms with E-state index in [9.17, 15) is 4.79 Å². The lowest BCUT2D eigenvalue weighted by molar-refractivity contribution is -0.0240. The van der Waals surface area contributed by atoms with Crippen LogP contribution in [0, 0.1) is 6.92 Å². The first kappa shape index (κ1) is 15.7. The molecule has 1 aliphatic heterocycles. The van der Waals surface area contributed by atoms with Crippen molar-refractivity contribution in [2.75, 3.05) is 19.7 Å². The number of hydrogen-bond acceptors (Lipinski definition) is 5. The van der Waals surface area contributed by atoms with Crippen LogP contribution in [-0.2, 0) is 4.74 Å². The van der Waals surface area contributed by atoms with Crippen molar-refractivity contribution in [3.05, 3.63) is 47.1 Å². The third kappa shape index (κ3) is 3.42. The van der Waals surface area contributed by atoms with Gasteiger partial charge in [0.25, 0.3) is 5.91 Å². The van der Waals surface area contributed by atoms with Crippen LogP contribution in [-0.4, -0.2) is 40.6 Å². The molecule has 1 saturated heterocycles. The fourth-order valence-corrected chi connectivity index (χ4v) is 2.62. The molecule has 0 aromatic carbocycles. The van der Waals surface area contributed by atoms with E-state index in [2.05, 4.69) is 10.1 Å². The molecule has 2 aromatic rings. The van der Waals surface area contributed by atoms with Crippen molar-refractivity contribution in [3.8, 4) is 0 Å². The molecular formula is C17H21N3O3. The smallest absolute Gasteiger partial charge is 0.292 e. The van der Waals surface area contributed by atoms with Crippen molar-refractivity contribution >= 4 is 5.91 Å². The number of aryl methyl sites for hydroxylation is 1. The molecule has 122 valence electrons. The Morgan fingerprint density at radius 2 is 2.22 bits per heavy atom.